The number of amides is 1. The third-order valence-corrected chi connectivity index (χ3v) is 4.20. The number of ether oxygens (including phenoxy) is 2. The quantitative estimate of drug-likeness (QED) is 0.489. The van der Waals surface area contributed by atoms with Gasteiger partial charge in [0.1, 0.15) is 11.3 Å². The second-order valence-electron chi connectivity index (χ2n) is 5.42. The van der Waals surface area contributed by atoms with Crippen molar-refractivity contribution in [2.24, 2.45) is 0 Å². The number of carbonyl (C=O) groups is 2. The lowest BCUT2D eigenvalue weighted by Crippen LogP contribution is -2.20. The van der Waals surface area contributed by atoms with Crippen molar-refractivity contribution >= 4 is 39.3 Å². The third kappa shape index (κ3) is 5.14. The first-order chi connectivity index (χ1) is 13.0. The van der Waals surface area contributed by atoms with E-state index < -0.39 is 11.5 Å². The summed E-state index contributed by atoms with van der Waals surface area (Å²) < 4.78 is 15.3. The fourth-order valence-corrected chi connectivity index (χ4v) is 2.97. The van der Waals surface area contributed by atoms with Gasteiger partial charge in [-0.1, -0.05) is 0 Å². The molecule has 3 rings (SSSR count). The zero-order chi connectivity index (χ0) is 19.2. The Balaban J connectivity index is 1.54. The Morgan fingerprint density at radius 3 is 2.89 bits per heavy atom. The number of esters is 1. The number of anilines is 1. The molecule has 0 unspecified atom stereocenters. The number of fused-ring (bicyclic) bond motifs is 1. The smallest absolute Gasteiger partial charge is 0.336 e. The van der Waals surface area contributed by atoms with Crippen LogP contribution in [0.2, 0.25) is 0 Å². The first-order valence-electron chi connectivity index (χ1n) is 8.10. The van der Waals surface area contributed by atoms with E-state index in [0.717, 1.165) is 5.39 Å². The highest BCUT2D eigenvalue weighted by atomic mass is 32.1. The molecule has 1 amide bonds. The van der Waals surface area contributed by atoms with E-state index in [-0.39, 0.29) is 19.0 Å². The molecule has 0 saturated carbocycles. The van der Waals surface area contributed by atoms with Crippen LogP contribution in [0, 0.1) is 0 Å². The molecule has 2 heterocycles. The Morgan fingerprint density at radius 1 is 1.26 bits per heavy atom. The standard InChI is InChI=1S/C18H16N2O6S/c1-2-24-17(23)7-12-10-27-18(19-12)20-15(21)9-25-13-5-3-11-4-6-16(22)26-14(11)8-13/h3-6,8,10H,2,7,9H2,1H3,(H,19,20,21). The molecule has 0 spiro atoms. The predicted octanol–water partition coefficient (Wildman–Crippen LogP) is 2.37. The molecule has 0 aliphatic carbocycles. The molecule has 0 aliphatic rings. The van der Waals surface area contributed by atoms with E-state index in [4.69, 9.17) is 13.9 Å². The van der Waals surface area contributed by atoms with Gasteiger partial charge >= 0.3 is 11.6 Å². The number of carbonyl (C=O) groups excluding carboxylic acids is 2. The van der Waals surface area contributed by atoms with E-state index in [0.29, 0.717) is 28.8 Å². The van der Waals surface area contributed by atoms with Crippen molar-refractivity contribution in [3.63, 3.8) is 0 Å². The number of aromatic nitrogens is 1. The molecule has 0 atom stereocenters. The van der Waals surface area contributed by atoms with Gasteiger partial charge in [-0.25, -0.2) is 9.78 Å². The largest absolute Gasteiger partial charge is 0.484 e. The highest BCUT2D eigenvalue weighted by molar-refractivity contribution is 7.13. The SMILES string of the molecule is CCOC(=O)Cc1csc(NC(=O)COc2ccc3ccc(=O)oc3c2)n1. The van der Waals surface area contributed by atoms with E-state index in [1.807, 2.05) is 0 Å². The van der Waals surface area contributed by atoms with Gasteiger partial charge < -0.3 is 13.9 Å². The van der Waals surface area contributed by atoms with Crippen LogP contribution in [0.5, 0.6) is 5.75 Å². The van der Waals surface area contributed by atoms with Crippen LogP contribution in [0.25, 0.3) is 11.0 Å². The lowest BCUT2D eigenvalue weighted by Gasteiger charge is -2.06. The molecule has 0 aliphatic heterocycles. The van der Waals surface area contributed by atoms with Crippen molar-refractivity contribution < 1.29 is 23.5 Å². The molecule has 0 saturated heterocycles. The first kappa shape index (κ1) is 18.6. The summed E-state index contributed by atoms with van der Waals surface area (Å²) >= 11 is 1.21. The van der Waals surface area contributed by atoms with Gasteiger partial charge in [0.25, 0.3) is 5.91 Å². The maximum atomic E-state index is 12.0. The summed E-state index contributed by atoms with van der Waals surface area (Å²) in [4.78, 5) is 38.8. The highest BCUT2D eigenvalue weighted by Crippen LogP contribution is 2.20. The van der Waals surface area contributed by atoms with Gasteiger partial charge in [-0.15, -0.1) is 11.3 Å². The van der Waals surface area contributed by atoms with E-state index >= 15 is 0 Å². The minimum Gasteiger partial charge on any atom is -0.484 e. The summed E-state index contributed by atoms with van der Waals surface area (Å²) in [6, 6.07) is 7.93. The number of hydrogen-bond donors (Lipinski definition) is 1. The molecule has 2 aromatic heterocycles. The second kappa shape index (κ2) is 8.45. The van der Waals surface area contributed by atoms with Crippen molar-refractivity contribution in [1.29, 1.82) is 0 Å². The van der Waals surface area contributed by atoms with Crippen LogP contribution >= 0.6 is 11.3 Å². The Morgan fingerprint density at radius 2 is 2.07 bits per heavy atom. The Bertz CT molecular complexity index is 1030. The minimum absolute atomic E-state index is 0.0546. The van der Waals surface area contributed by atoms with Crippen LogP contribution < -0.4 is 15.7 Å². The van der Waals surface area contributed by atoms with Crippen molar-refractivity contribution in [1.82, 2.24) is 4.98 Å². The second-order valence-corrected chi connectivity index (χ2v) is 6.27. The maximum absolute atomic E-state index is 12.0. The fraction of sp³-hybridized carbons (Fsp3) is 0.222. The molecule has 3 aromatic rings. The van der Waals surface area contributed by atoms with E-state index in [1.54, 1.807) is 36.6 Å². The van der Waals surface area contributed by atoms with Crippen LogP contribution in [0.15, 0.2) is 44.9 Å². The van der Waals surface area contributed by atoms with Gasteiger partial charge in [-0.05, 0) is 25.1 Å². The minimum atomic E-state index is -0.459. The summed E-state index contributed by atoms with van der Waals surface area (Å²) in [6.07, 6.45) is 0.0546. The van der Waals surface area contributed by atoms with Gasteiger partial charge in [0.2, 0.25) is 0 Å². The molecule has 0 radical (unpaired) electrons. The summed E-state index contributed by atoms with van der Waals surface area (Å²) in [5.41, 5.74) is 0.447. The van der Waals surface area contributed by atoms with Crippen LogP contribution in [-0.2, 0) is 20.7 Å². The Labute approximate surface area is 157 Å². The summed E-state index contributed by atoms with van der Waals surface area (Å²) in [5, 5.41) is 5.40. The number of nitrogens with zero attached hydrogens (tertiary/aromatic N) is 1. The molecular weight excluding hydrogens is 372 g/mol. The van der Waals surface area contributed by atoms with E-state index in [9.17, 15) is 14.4 Å². The zero-order valence-electron chi connectivity index (χ0n) is 14.4. The van der Waals surface area contributed by atoms with Crippen LogP contribution in [0.3, 0.4) is 0 Å². The van der Waals surface area contributed by atoms with E-state index in [1.165, 1.54) is 17.4 Å². The first-order valence-corrected chi connectivity index (χ1v) is 8.98. The lowest BCUT2D eigenvalue weighted by atomic mass is 10.2. The van der Waals surface area contributed by atoms with Crippen LogP contribution in [-0.4, -0.2) is 30.1 Å². The number of rotatable bonds is 7. The van der Waals surface area contributed by atoms with Gasteiger partial charge in [-0.3, -0.25) is 14.9 Å². The maximum Gasteiger partial charge on any atom is 0.336 e. The fourth-order valence-electron chi connectivity index (χ4n) is 2.24. The number of benzene rings is 1. The average molecular weight is 388 g/mol. The highest BCUT2D eigenvalue weighted by Gasteiger charge is 2.11. The number of thiazole rings is 1. The summed E-state index contributed by atoms with van der Waals surface area (Å²) in [6.45, 7) is 1.80. The van der Waals surface area contributed by atoms with Crippen LogP contribution in [0.4, 0.5) is 5.13 Å². The Hall–Kier alpha value is -3.20. The molecular formula is C18H16N2O6S. The van der Waals surface area contributed by atoms with Crippen molar-refractivity contribution in [2.45, 2.75) is 13.3 Å². The van der Waals surface area contributed by atoms with Crippen LogP contribution in [0.1, 0.15) is 12.6 Å². The molecule has 8 nitrogen and oxygen atoms in total. The summed E-state index contributed by atoms with van der Waals surface area (Å²) in [7, 11) is 0. The van der Waals surface area contributed by atoms with Gasteiger partial charge in [0.15, 0.2) is 11.7 Å². The molecule has 0 bridgehead atoms. The average Bonchev–Trinajstić information content (AvgIpc) is 3.06. The zero-order valence-corrected chi connectivity index (χ0v) is 15.2. The molecule has 1 N–H and O–H groups in total. The van der Waals surface area contributed by atoms with Gasteiger partial charge in [-0.2, -0.15) is 0 Å². The van der Waals surface area contributed by atoms with Gasteiger partial charge in [0, 0.05) is 22.9 Å². The molecule has 140 valence electrons. The molecule has 9 heteroatoms. The Kier molecular flexibility index (Phi) is 5.82. The molecule has 27 heavy (non-hydrogen) atoms. The molecule has 1 aromatic carbocycles. The monoisotopic (exact) mass is 388 g/mol. The number of nitrogens with one attached hydrogen (secondary N) is 1. The third-order valence-electron chi connectivity index (χ3n) is 3.39. The normalized spacial score (nSPS) is 10.6. The topological polar surface area (TPSA) is 108 Å². The lowest BCUT2D eigenvalue weighted by molar-refractivity contribution is -0.142. The van der Waals surface area contributed by atoms with Crippen molar-refractivity contribution in [2.75, 3.05) is 18.5 Å². The van der Waals surface area contributed by atoms with Gasteiger partial charge in [0.05, 0.1) is 18.7 Å². The predicted molar refractivity (Wildman–Crippen MR) is 99.1 cm³/mol. The number of hydrogen-bond acceptors (Lipinski definition) is 8. The summed E-state index contributed by atoms with van der Waals surface area (Å²) in [5.74, 6) is -0.372. The van der Waals surface area contributed by atoms with E-state index in [2.05, 4.69) is 10.3 Å². The van der Waals surface area contributed by atoms with Crippen molar-refractivity contribution in [3.8, 4) is 5.75 Å². The van der Waals surface area contributed by atoms with Crippen molar-refractivity contribution in [3.05, 3.63) is 51.8 Å². The molecule has 0 fully saturated rings.